The van der Waals surface area contributed by atoms with Crippen molar-refractivity contribution in [3.63, 3.8) is 0 Å². The summed E-state index contributed by atoms with van der Waals surface area (Å²) in [4.78, 5) is 12.5. The summed E-state index contributed by atoms with van der Waals surface area (Å²) in [5.74, 6) is 0.0884. The topological polar surface area (TPSA) is 79.0 Å². The van der Waals surface area contributed by atoms with Crippen molar-refractivity contribution < 1.29 is 22.3 Å². The third-order valence-electron chi connectivity index (χ3n) is 5.33. The van der Waals surface area contributed by atoms with Gasteiger partial charge in [0.2, 0.25) is 0 Å². The summed E-state index contributed by atoms with van der Waals surface area (Å²) >= 11 is 0. The number of carbonyl (C=O) groups is 1. The van der Waals surface area contributed by atoms with E-state index in [1.54, 1.807) is 36.4 Å². The van der Waals surface area contributed by atoms with Crippen molar-refractivity contribution >= 4 is 16.1 Å². The lowest BCUT2D eigenvalue weighted by atomic mass is 10.1. The molecule has 0 aliphatic carbocycles. The van der Waals surface area contributed by atoms with Gasteiger partial charge in [-0.25, -0.2) is 4.39 Å². The van der Waals surface area contributed by atoms with E-state index in [9.17, 15) is 17.6 Å². The second kappa shape index (κ2) is 9.76. The molecule has 1 aliphatic heterocycles. The highest BCUT2D eigenvalue weighted by Gasteiger charge is 2.30. The summed E-state index contributed by atoms with van der Waals surface area (Å²) in [5, 5.41) is 2.89. The molecule has 0 unspecified atom stereocenters. The maximum absolute atomic E-state index is 13.1. The Balaban J connectivity index is 1.52. The van der Waals surface area contributed by atoms with Gasteiger partial charge in [-0.2, -0.15) is 17.0 Å². The standard InChI is InChI=1S/C22H28FN3O4S/c1-16(17-4-8-19(23)9-5-17)24-22(27)18-6-10-20(11-7-18)30-21-12-14-26(15-13-21)31(28,29)25(2)3/h4-11,16,21H,12-15H2,1-3H3,(H,24,27)/t16-/m1/s1. The highest BCUT2D eigenvalue weighted by Crippen LogP contribution is 2.22. The van der Waals surface area contributed by atoms with Crippen molar-refractivity contribution in [2.45, 2.75) is 31.9 Å². The van der Waals surface area contributed by atoms with Crippen LogP contribution < -0.4 is 10.1 Å². The Morgan fingerprint density at radius 1 is 1.10 bits per heavy atom. The first kappa shape index (κ1) is 23.2. The predicted octanol–water partition coefficient (Wildman–Crippen LogP) is 2.97. The maximum atomic E-state index is 13.1. The average Bonchev–Trinajstić information content (AvgIpc) is 2.75. The fourth-order valence-corrected chi connectivity index (χ4v) is 4.54. The molecule has 1 N–H and O–H groups in total. The molecule has 3 rings (SSSR count). The van der Waals surface area contributed by atoms with Gasteiger partial charge in [0, 0.05) is 32.7 Å². The van der Waals surface area contributed by atoms with E-state index < -0.39 is 10.2 Å². The number of carbonyl (C=O) groups excluding carboxylic acids is 1. The average molecular weight is 450 g/mol. The van der Waals surface area contributed by atoms with E-state index in [-0.39, 0.29) is 23.9 Å². The number of halogens is 1. The molecule has 1 heterocycles. The molecule has 0 saturated carbocycles. The highest BCUT2D eigenvalue weighted by atomic mass is 32.2. The van der Waals surface area contributed by atoms with E-state index >= 15 is 0 Å². The van der Waals surface area contributed by atoms with E-state index in [0.29, 0.717) is 37.2 Å². The molecule has 1 saturated heterocycles. The lowest BCUT2D eigenvalue weighted by Gasteiger charge is -2.32. The van der Waals surface area contributed by atoms with Gasteiger partial charge in [-0.3, -0.25) is 4.79 Å². The molecule has 1 aliphatic rings. The van der Waals surface area contributed by atoms with E-state index in [0.717, 1.165) is 5.56 Å². The van der Waals surface area contributed by atoms with Crippen molar-refractivity contribution in [2.24, 2.45) is 0 Å². The Bertz CT molecular complexity index is 986. The van der Waals surface area contributed by atoms with Crippen LogP contribution in [0.15, 0.2) is 48.5 Å². The van der Waals surface area contributed by atoms with Gasteiger partial charge in [0.15, 0.2) is 0 Å². The van der Waals surface area contributed by atoms with Crippen LogP contribution in [0.4, 0.5) is 4.39 Å². The fraction of sp³-hybridized carbons (Fsp3) is 0.409. The Labute approximate surface area is 183 Å². The largest absolute Gasteiger partial charge is 0.490 e. The number of ether oxygens (including phenoxy) is 1. The third kappa shape index (κ3) is 5.81. The molecule has 1 amide bonds. The minimum Gasteiger partial charge on any atom is -0.490 e. The van der Waals surface area contributed by atoms with Crippen LogP contribution in [0.1, 0.15) is 41.7 Å². The number of hydrogen-bond acceptors (Lipinski definition) is 4. The molecule has 0 bridgehead atoms. The number of rotatable bonds is 7. The molecule has 2 aromatic rings. The summed E-state index contributed by atoms with van der Waals surface area (Å²) < 4.78 is 46.1. The number of amides is 1. The first-order valence-electron chi connectivity index (χ1n) is 10.2. The first-order chi connectivity index (χ1) is 14.7. The summed E-state index contributed by atoms with van der Waals surface area (Å²) in [6, 6.07) is 12.6. The molecular weight excluding hydrogens is 421 g/mol. The van der Waals surface area contributed by atoms with Crippen LogP contribution in [0.5, 0.6) is 5.75 Å². The fourth-order valence-electron chi connectivity index (χ4n) is 3.40. The van der Waals surface area contributed by atoms with Gasteiger partial charge in [0.25, 0.3) is 16.1 Å². The Morgan fingerprint density at radius 2 is 1.68 bits per heavy atom. The Morgan fingerprint density at radius 3 is 2.23 bits per heavy atom. The normalized spacial score (nSPS) is 16.8. The molecule has 0 aromatic heterocycles. The molecule has 2 aromatic carbocycles. The van der Waals surface area contributed by atoms with Gasteiger partial charge in [-0.15, -0.1) is 0 Å². The molecular formula is C22H28FN3O4S. The van der Waals surface area contributed by atoms with Crippen LogP contribution in [0.25, 0.3) is 0 Å². The van der Waals surface area contributed by atoms with Gasteiger partial charge in [0.1, 0.15) is 17.7 Å². The second-order valence-electron chi connectivity index (χ2n) is 7.78. The molecule has 1 atom stereocenters. The third-order valence-corrected chi connectivity index (χ3v) is 7.27. The van der Waals surface area contributed by atoms with Crippen LogP contribution in [-0.2, 0) is 10.2 Å². The zero-order valence-corrected chi connectivity index (χ0v) is 18.7. The van der Waals surface area contributed by atoms with Crippen molar-refractivity contribution in [1.82, 2.24) is 13.9 Å². The van der Waals surface area contributed by atoms with E-state index in [1.165, 1.54) is 34.8 Å². The Kier molecular flexibility index (Phi) is 7.30. The SMILES string of the molecule is C[C@@H](NC(=O)c1ccc(OC2CCN(S(=O)(=O)N(C)C)CC2)cc1)c1ccc(F)cc1. The van der Waals surface area contributed by atoms with E-state index in [2.05, 4.69) is 5.32 Å². The van der Waals surface area contributed by atoms with Crippen molar-refractivity contribution in [3.05, 3.63) is 65.5 Å². The minimum absolute atomic E-state index is 0.0770. The van der Waals surface area contributed by atoms with Gasteiger partial charge >= 0.3 is 0 Å². The van der Waals surface area contributed by atoms with E-state index in [1.807, 2.05) is 6.92 Å². The number of piperidine rings is 1. The molecule has 31 heavy (non-hydrogen) atoms. The molecule has 7 nitrogen and oxygen atoms in total. The van der Waals surface area contributed by atoms with Gasteiger partial charge < -0.3 is 10.1 Å². The van der Waals surface area contributed by atoms with Crippen molar-refractivity contribution in [1.29, 1.82) is 0 Å². The summed E-state index contributed by atoms with van der Waals surface area (Å²) in [6.07, 6.45) is 1.13. The first-order valence-corrected chi connectivity index (χ1v) is 11.6. The predicted molar refractivity (Wildman–Crippen MR) is 117 cm³/mol. The zero-order chi connectivity index (χ0) is 22.6. The van der Waals surface area contributed by atoms with Crippen LogP contribution in [0.2, 0.25) is 0 Å². The number of benzene rings is 2. The highest BCUT2D eigenvalue weighted by molar-refractivity contribution is 7.86. The van der Waals surface area contributed by atoms with Crippen LogP contribution in [-0.4, -0.2) is 56.2 Å². The molecule has 168 valence electrons. The molecule has 9 heteroatoms. The smallest absolute Gasteiger partial charge is 0.281 e. The van der Waals surface area contributed by atoms with Gasteiger partial charge in [-0.1, -0.05) is 12.1 Å². The quantitative estimate of drug-likeness (QED) is 0.705. The lowest BCUT2D eigenvalue weighted by Crippen LogP contribution is -2.46. The van der Waals surface area contributed by atoms with Crippen molar-refractivity contribution in [3.8, 4) is 5.75 Å². The summed E-state index contributed by atoms with van der Waals surface area (Å²) in [5.41, 5.74) is 1.31. The van der Waals surface area contributed by atoms with Gasteiger partial charge in [-0.05, 0) is 61.7 Å². The van der Waals surface area contributed by atoms with Crippen LogP contribution in [0, 0.1) is 5.82 Å². The molecule has 1 fully saturated rings. The van der Waals surface area contributed by atoms with E-state index in [4.69, 9.17) is 4.74 Å². The second-order valence-corrected chi connectivity index (χ2v) is 9.92. The summed E-state index contributed by atoms with van der Waals surface area (Å²) in [7, 11) is -0.348. The lowest BCUT2D eigenvalue weighted by molar-refractivity contribution is 0.0939. The minimum atomic E-state index is -3.40. The zero-order valence-electron chi connectivity index (χ0n) is 17.9. The maximum Gasteiger partial charge on any atom is 0.281 e. The number of hydrogen-bond donors (Lipinski definition) is 1. The number of nitrogens with zero attached hydrogens (tertiary/aromatic N) is 2. The number of nitrogens with one attached hydrogen (secondary N) is 1. The Hall–Kier alpha value is -2.49. The van der Waals surface area contributed by atoms with Crippen molar-refractivity contribution in [2.75, 3.05) is 27.2 Å². The summed E-state index contributed by atoms with van der Waals surface area (Å²) in [6.45, 7) is 2.66. The molecule has 0 radical (unpaired) electrons. The molecule has 0 spiro atoms. The van der Waals surface area contributed by atoms with Crippen LogP contribution in [0.3, 0.4) is 0 Å². The monoisotopic (exact) mass is 449 g/mol. The van der Waals surface area contributed by atoms with Gasteiger partial charge in [0.05, 0.1) is 6.04 Å². The van der Waals surface area contributed by atoms with Crippen LogP contribution >= 0.6 is 0 Å².